The number of rotatable bonds is 4. The lowest BCUT2D eigenvalue weighted by Gasteiger charge is -2.24. The molecule has 0 aliphatic carbocycles. The Morgan fingerprint density at radius 3 is 2.67 bits per heavy atom. The maximum atomic E-state index is 5.65. The van der Waals surface area contributed by atoms with E-state index in [0.29, 0.717) is 11.7 Å². The minimum absolute atomic E-state index is 0.132. The smallest absolute Gasteiger partial charge is 0.225 e. The molecule has 0 radical (unpaired) electrons. The molecule has 6 nitrogen and oxygen atoms in total. The van der Waals surface area contributed by atoms with Gasteiger partial charge >= 0.3 is 0 Å². The predicted octanol–water partition coefficient (Wildman–Crippen LogP) is 0.912. The summed E-state index contributed by atoms with van der Waals surface area (Å²) < 4.78 is 5.65. The summed E-state index contributed by atoms with van der Waals surface area (Å²) in [6.07, 6.45) is 0.863. The predicted molar refractivity (Wildman–Crippen MR) is 59.3 cm³/mol. The SMILES string of the molecule is CCC(C)(C)Oc1cc(NN)nc(N)n1. The maximum Gasteiger partial charge on any atom is 0.225 e. The van der Waals surface area contributed by atoms with Crippen molar-refractivity contribution in [3.8, 4) is 5.88 Å². The average Bonchev–Trinajstić information content (AvgIpc) is 2.16. The molecule has 0 atom stereocenters. The normalized spacial score (nSPS) is 11.2. The Hall–Kier alpha value is -1.56. The van der Waals surface area contributed by atoms with E-state index in [1.54, 1.807) is 6.07 Å². The van der Waals surface area contributed by atoms with E-state index < -0.39 is 0 Å². The minimum atomic E-state index is -0.285. The molecule has 0 aliphatic rings. The van der Waals surface area contributed by atoms with Gasteiger partial charge in [-0.15, -0.1) is 0 Å². The third-order valence-corrected chi connectivity index (χ3v) is 2.10. The number of nitrogens with one attached hydrogen (secondary N) is 1. The molecule has 0 amide bonds. The van der Waals surface area contributed by atoms with Gasteiger partial charge < -0.3 is 15.9 Å². The number of hydrazine groups is 1. The fraction of sp³-hybridized carbons (Fsp3) is 0.556. The molecule has 0 saturated carbocycles. The van der Waals surface area contributed by atoms with Crippen LogP contribution in [-0.4, -0.2) is 15.6 Å². The highest BCUT2D eigenvalue weighted by molar-refractivity contribution is 5.41. The Morgan fingerprint density at radius 2 is 2.13 bits per heavy atom. The van der Waals surface area contributed by atoms with Gasteiger partial charge in [0.15, 0.2) is 0 Å². The van der Waals surface area contributed by atoms with Crippen LogP contribution in [0.4, 0.5) is 11.8 Å². The monoisotopic (exact) mass is 211 g/mol. The van der Waals surface area contributed by atoms with Crippen molar-refractivity contribution in [1.29, 1.82) is 0 Å². The lowest BCUT2D eigenvalue weighted by molar-refractivity contribution is 0.0992. The average molecular weight is 211 g/mol. The zero-order valence-electron chi connectivity index (χ0n) is 9.24. The fourth-order valence-corrected chi connectivity index (χ4v) is 0.924. The second kappa shape index (κ2) is 4.31. The second-order valence-electron chi connectivity index (χ2n) is 3.81. The van der Waals surface area contributed by atoms with Crippen LogP contribution in [-0.2, 0) is 0 Å². The fourth-order valence-electron chi connectivity index (χ4n) is 0.924. The van der Waals surface area contributed by atoms with Gasteiger partial charge in [0.2, 0.25) is 11.8 Å². The van der Waals surface area contributed by atoms with Gasteiger partial charge in [0.05, 0.1) is 0 Å². The van der Waals surface area contributed by atoms with Crippen LogP contribution in [0.15, 0.2) is 6.07 Å². The van der Waals surface area contributed by atoms with Crippen molar-refractivity contribution in [2.75, 3.05) is 11.2 Å². The van der Waals surface area contributed by atoms with Gasteiger partial charge in [0.25, 0.3) is 0 Å². The molecule has 0 fully saturated rings. The van der Waals surface area contributed by atoms with E-state index in [4.69, 9.17) is 16.3 Å². The van der Waals surface area contributed by atoms with Crippen LogP contribution in [0.5, 0.6) is 5.88 Å². The summed E-state index contributed by atoms with van der Waals surface area (Å²) in [6.45, 7) is 5.98. The van der Waals surface area contributed by atoms with Gasteiger partial charge in [-0.1, -0.05) is 6.92 Å². The van der Waals surface area contributed by atoms with E-state index in [9.17, 15) is 0 Å². The number of hydrogen-bond donors (Lipinski definition) is 3. The number of ether oxygens (including phenoxy) is 1. The molecular weight excluding hydrogens is 194 g/mol. The highest BCUT2D eigenvalue weighted by Crippen LogP contribution is 2.21. The van der Waals surface area contributed by atoms with E-state index >= 15 is 0 Å². The molecule has 5 N–H and O–H groups in total. The van der Waals surface area contributed by atoms with Gasteiger partial charge in [-0.2, -0.15) is 9.97 Å². The highest BCUT2D eigenvalue weighted by atomic mass is 16.5. The number of nitrogens with zero attached hydrogens (tertiary/aromatic N) is 2. The number of anilines is 2. The van der Waals surface area contributed by atoms with Gasteiger partial charge in [0.1, 0.15) is 11.4 Å². The molecule has 0 aromatic carbocycles. The van der Waals surface area contributed by atoms with Crippen LogP contribution in [0.2, 0.25) is 0 Å². The van der Waals surface area contributed by atoms with Crippen LogP contribution in [0.3, 0.4) is 0 Å². The van der Waals surface area contributed by atoms with Crippen LogP contribution < -0.4 is 21.7 Å². The zero-order valence-corrected chi connectivity index (χ0v) is 9.24. The molecule has 0 unspecified atom stereocenters. The summed E-state index contributed by atoms with van der Waals surface area (Å²) in [5, 5.41) is 0. The molecule has 1 heterocycles. The lowest BCUT2D eigenvalue weighted by atomic mass is 10.1. The number of hydrogen-bond acceptors (Lipinski definition) is 6. The molecule has 6 heteroatoms. The van der Waals surface area contributed by atoms with Crippen molar-refractivity contribution in [1.82, 2.24) is 9.97 Å². The first-order valence-electron chi connectivity index (χ1n) is 4.77. The van der Waals surface area contributed by atoms with E-state index in [-0.39, 0.29) is 11.5 Å². The molecule has 0 saturated heterocycles. The number of aromatic nitrogens is 2. The Balaban J connectivity index is 2.90. The molecule has 1 aromatic rings. The Kier molecular flexibility index (Phi) is 3.31. The van der Waals surface area contributed by atoms with Crippen molar-refractivity contribution >= 4 is 11.8 Å². The summed E-state index contributed by atoms with van der Waals surface area (Å²) in [7, 11) is 0. The van der Waals surface area contributed by atoms with Crippen molar-refractivity contribution in [2.45, 2.75) is 32.8 Å². The van der Waals surface area contributed by atoms with E-state index in [1.165, 1.54) is 0 Å². The van der Waals surface area contributed by atoms with Crippen molar-refractivity contribution < 1.29 is 4.74 Å². The lowest BCUT2D eigenvalue weighted by Crippen LogP contribution is -2.27. The first-order valence-corrected chi connectivity index (χ1v) is 4.77. The Labute approximate surface area is 89.0 Å². The van der Waals surface area contributed by atoms with Crippen LogP contribution in [0, 0.1) is 0 Å². The van der Waals surface area contributed by atoms with Gasteiger partial charge in [0, 0.05) is 6.07 Å². The quantitative estimate of drug-likeness (QED) is 0.505. The summed E-state index contributed by atoms with van der Waals surface area (Å²) in [4.78, 5) is 7.82. The Bertz CT molecular complexity index is 339. The summed E-state index contributed by atoms with van der Waals surface area (Å²) in [5.41, 5.74) is 7.61. The topological polar surface area (TPSA) is 99.1 Å². The van der Waals surface area contributed by atoms with Crippen LogP contribution >= 0.6 is 0 Å². The summed E-state index contributed by atoms with van der Waals surface area (Å²) in [6, 6.07) is 1.60. The second-order valence-corrected chi connectivity index (χ2v) is 3.81. The standard InChI is InChI=1S/C9H17N5O/c1-4-9(2,3)15-7-5-6(14-11)12-8(10)13-7/h5H,4,11H2,1-3H3,(H3,10,12,13,14). The van der Waals surface area contributed by atoms with Gasteiger partial charge in [-0.3, -0.25) is 0 Å². The molecule has 0 spiro atoms. The third kappa shape index (κ3) is 3.25. The Morgan fingerprint density at radius 1 is 1.47 bits per heavy atom. The van der Waals surface area contributed by atoms with Gasteiger partial charge in [-0.25, -0.2) is 5.84 Å². The van der Waals surface area contributed by atoms with E-state index in [1.807, 2.05) is 20.8 Å². The van der Waals surface area contributed by atoms with Crippen molar-refractivity contribution in [2.24, 2.45) is 5.84 Å². The molecule has 0 bridgehead atoms. The summed E-state index contributed by atoms with van der Waals surface area (Å²) in [5.74, 6) is 6.22. The summed E-state index contributed by atoms with van der Waals surface area (Å²) >= 11 is 0. The molecule has 1 rings (SSSR count). The van der Waals surface area contributed by atoms with Crippen molar-refractivity contribution in [3.05, 3.63) is 6.07 Å². The third-order valence-electron chi connectivity index (χ3n) is 2.10. The van der Waals surface area contributed by atoms with Gasteiger partial charge in [-0.05, 0) is 20.3 Å². The number of nitrogens with two attached hydrogens (primary N) is 2. The molecule has 0 aliphatic heterocycles. The number of nitrogen functional groups attached to an aromatic ring is 2. The first-order chi connectivity index (χ1) is 6.96. The largest absolute Gasteiger partial charge is 0.471 e. The molecule has 1 aromatic heterocycles. The highest BCUT2D eigenvalue weighted by Gasteiger charge is 2.18. The first kappa shape index (κ1) is 11.5. The molecule has 84 valence electrons. The zero-order chi connectivity index (χ0) is 11.5. The van der Waals surface area contributed by atoms with E-state index in [0.717, 1.165) is 6.42 Å². The van der Waals surface area contributed by atoms with Crippen LogP contribution in [0.25, 0.3) is 0 Å². The minimum Gasteiger partial charge on any atom is -0.471 e. The molecule has 15 heavy (non-hydrogen) atoms. The van der Waals surface area contributed by atoms with Crippen LogP contribution in [0.1, 0.15) is 27.2 Å². The van der Waals surface area contributed by atoms with Crippen molar-refractivity contribution in [3.63, 3.8) is 0 Å². The maximum absolute atomic E-state index is 5.65. The van der Waals surface area contributed by atoms with E-state index in [2.05, 4.69) is 15.4 Å². The molecular formula is C9H17N5O.